The third-order valence-electron chi connectivity index (χ3n) is 1.41. The molecule has 3 heteroatoms. The number of nitriles is 1. The molecule has 0 atom stereocenters. The first-order chi connectivity index (χ1) is 6.43. The van der Waals surface area contributed by atoms with E-state index in [1.54, 1.807) is 0 Å². The Kier molecular flexibility index (Phi) is 4.44. The molecule has 0 fully saturated rings. The number of nitrogens with zero attached hydrogens (tertiary/aromatic N) is 1. The minimum atomic E-state index is 0.123. The Morgan fingerprint density at radius 2 is 1.92 bits per heavy atom. The second-order valence-corrected chi connectivity index (χ2v) is 2.37. The first-order valence-corrected chi connectivity index (χ1v) is 4.06. The van der Waals surface area contributed by atoms with Crippen LogP contribution in [0, 0.1) is 11.3 Å². The van der Waals surface area contributed by atoms with Crippen LogP contribution < -0.4 is 4.74 Å². The van der Waals surface area contributed by atoms with Crippen LogP contribution in [0.25, 0.3) is 0 Å². The Hall–Kier alpha value is -1.53. The van der Waals surface area contributed by atoms with E-state index in [9.17, 15) is 0 Å². The molecule has 1 aromatic carbocycles. The van der Waals surface area contributed by atoms with Gasteiger partial charge in [0.2, 0.25) is 0 Å². The van der Waals surface area contributed by atoms with Crippen molar-refractivity contribution >= 4 is 0 Å². The van der Waals surface area contributed by atoms with Crippen LogP contribution in [0.2, 0.25) is 0 Å². The van der Waals surface area contributed by atoms with E-state index in [0.717, 1.165) is 5.75 Å². The van der Waals surface area contributed by atoms with Gasteiger partial charge in [-0.05, 0) is 12.1 Å². The van der Waals surface area contributed by atoms with Crippen molar-refractivity contribution < 1.29 is 9.47 Å². The number of benzene rings is 1. The first-order valence-electron chi connectivity index (χ1n) is 4.06. The summed E-state index contributed by atoms with van der Waals surface area (Å²) in [5.41, 5.74) is 0. The van der Waals surface area contributed by atoms with Gasteiger partial charge in [0.05, 0.1) is 12.7 Å². The van der Waals surface area contributed by atoms with E-state index in [2.05, 4.69) is 0 Å². The van der Waals surface area contributed by atoms with Crippen LogP contribution in [0.3, 0.4) is 0 Å². The van der Waals surface area contributed by atoms with E-state index < -0.39 is 0 Å². The smallest absolute Gasteiger partial charge is 0.133 e. The van der Waals surface area contributed by atoms with Crippen molar-refractivity contribution in [2.24, 2.45) is 0 Å². The lowest BCUT2D eigenvalue weighted by Crippen LogP contribution is -2.06. The van der Waals surface area contributed by atoms with Crippen LogP contribution in [0.15, 0.2) is 30.3 Å². The second-order valence-electron chi connectivity index (χ2n) is 2.37. The van der Waals surface area contributed by atoms with Crippen molar-refractivity contribution in [3.8, 4) is 11.8 Å². The van der Waals surface area contributed by atoms with E-state index >= 15 is 0 Å². The fourth-order valence-electron chi connectivity index (χ4n) is 0.853. The summed E-state index contributed by atoms with van der Waals surface area (Å²) in [6, 6.07) is 11.4. The molecule has 0 aliphatic rings. The molecule has 68 valence electrons. The summed E-state index contributed by atoms with van der Waals surface area (Å²) in [4.78, 5) is 0. The quantitative estimate of drug-likeness (QED) is 0.641. The Morgan fingerprint density at radius 3 is 2.62 bits per heavy atom. The highest BCUT2D eigenvalue weighted by atomic mass is 16.5. The zero-order valence-corrected chi connectivity index (χ0v) is 7.27. The SMILES string of the molecule is N#CCOCCOc1ccccc1. The molecule has 0 saturated heterocycles. The van der Waals surface area contributed by atoms with Gasteiger partial charge in [-0.2, -0.15) is 5.26 Å². The number of rotatable bonds is 5. The fourth-order valence-corrected chi connectivity index (χ4v) is 0.853. The van der Waals surface area contributed by atoms with Crippen molar-refractivity contribution in [1.82, 2.24) is 0 Å². The molecule has 0 bridgehead atoms. The fraction of sp³-hybridized carbons (Fsp3) is 0.300. The summed E-state index contributed by atoms with van der Waals surface area (Å²) in [5, 5.41) is 8.17. The van der Waals surface area contributed by atoms with Crippen molar-refractivity contribution in [2.45, 2.75) is 0 Å². The maximum Gasteiger partial charge on any atom is 0.133 e. The summed E-state index contributed by atoms with van der Waals surface area (Å²) < 4.78 is 10.2. The van der Waals surface area contributed by atoms with Crippen molar-refractivity contribution in [3.63, 3.8) is 0 Å². The van der Waals surface area contributed by atoms with Gasteiger partial charge in [-0.15, -0.1) is 0 Å². The Bertz CT molecular complexity index is 266. The summed E-state index contributed by atoms with van der Waals surface area (Å²) in [6.07, 6.45) is 0. The molecule has 0 radical (unpaired) electrons. The molecule has 0 aliphatic carbocycles. The molecule has 0 spiro atoms. The molecule has 0 heterocycles. The molecule has 0 amide bonds. The maximum atomic E-state index is 8.17. The molecule has 0 unspecified atom stereocenters. The second kappa shape index (κ2) is 6.04. The lowest BCUT2D eigenvalue weighted by atomic mass is 10.3. The lowest BCUT2D eigenvalue weighted by Gasteiger charge is -2.04. The highest BCUT2D eigenvalue weighted by Gasteiger charge is 1.90. The topological polar surface area (TPSA) is 42.2 Å². The molecule has 1 aromatic rings. The Morgan fingerprint density at radius 1 is 1.15 bits per heavy atom. The average Bonchev–Trinajstić information content (AvgIpc) is 2.19. The molecule has 13 heavy (non-hydrogen) atoms. The van der Waals surface area contributed by atoms with Crippen molar-refractivity contribution in [2.75, 3.05) is 19.8 Å². The molecule has 0 aliphatic heterocycles. The Balaban J connectivity index is 2.11. The van der Waals surface area contributed by atoms with E-state index in [1.807, 2.05) is 36.4 Å². The number of para-hydroxylation sites is 1. The van der Waals surface area contributed by atoms with E-state index in [1.165, 1.54) is 0 Å². The number of hydrogen-bond donors (Lipinski definition) is 0. The third kappa shape index (κ3) is 4.14. The standard InChI is InChI=1S/C10H11NO2/c11-6-7-12-8-9-13-10-4-2-1-3-5-10/h1-5H,7-9H2. The van der Waals surface area contributed by atoms with Gasteiger partial charge >= 0.3 is 0 Å². The van der Waals surface area contributed by atoms with E-state index in [4.69, 9.17) is 14.7 Å². The third-order valence-corrected chi connectivity index (χ3v) is 1.41. The molecule has 0 saturated carbocycles. The number of ether oxygens (including phenoxy) is 2. The van der Waals surface area contributed by atoms with Crippen LogP contribution in [0.1, 0.15) is 0 Å². The summed E-state index contributed by atoms with van der Waals surface area (Å²) in [7, 11) is 0. The van der Waals surface area contributed by atoms with E-state index in [0.29, 0.717) is 13.2 Å². The molecule has 0 N–H and O–H groups in total. The van der Waals surface area contributed by atoms with Gasteiger partial charge in [0.1, 0.15) is 19.0 Å². The van der Waals surface area contributed by atoms with Crippen LogP contribution >= 0.6 is 0 Å². The zero-order valence-electron chi connectivity index (χ0n) is 7.27. The molecular formula is C10H11NO2. The highest BCUT2D eigenvalue weighted by Crippen LogP contribution is 2.07. The van der Waals surface area contributed by atoms with Crippen LogP contribution in [0.5, 0.6) is 5.75 Å². The van der Waals surface area contributed by atoms with Crippen molar-refractivity contribution in [3.05, 3.63) is 30.3 Å². The predicted molar refractivity (Wildman–Crippen MR) is 48.4 cm³/mol. The first kappa shape index (κ1) is 9.56. The van der Waals surface area contributed by atoms with Gasteiger partial charge in [-0.1, -0.05) is 18.2 Å². The summed E-state index contributed by atoms with van der Waals surface area (Å²) >= 11 is 0. The largest absolute Gasteiger partial charge is 0.491 e. The zero-order chi connectivity index (χ0) is 9.36. The molecule has 3 nitrogen and oxygen atoms in total. The molecule has 0 aromatic heterocycles. The van der Waals surface area contributed by atoms with Gasteiger partial charge < -0.3 is 9.47 Å². The van der Waals surface area contributed by atoms with Crippen LogP contribution in [-0.4, -0.2) is 19.8 Å². The van der Waals surface area contributed by atoms with Gasteiger partial charge in [0, 0.05) is 0 Å². The minimum Gasteiger partial charge on any atom is -0.491 e. The lowest BCUT2D eigenvalue weighted by molar-refractivity contribution is 0.123. The van der Waals surface area contributed by atoms with Gasteiger partial charge in [0.15, 0.2) is 0 Å². The predicted octanol–water partition coefficient (Wildman–Crippen LogP) is 1.61. The Labute approximate surface area is 77.5 Å². The molecule has 1 rings (SSSR count). The summed E-state index contributed by atoms with van der Waals surface area (Å²) in [5.74, 6) is 0.822. The van der Waals surface area contributed by atoms with Crippen molar-refractivity contribution in [1.29, 1.82) is 5.26 Å². The highest BCUT2D eigenvalue weighted by molar-refractivity contribution is 5.20. The minimum absolute atomic E-state index is 0.123. The van der Waals surface area contributed by atoms with Crippen LogP contribution in [-0.2, 0) is 4.74 Å². The van der Waals surface area contributed by atoms with Crippen LogP contribution in [0.4, 0.5) is 0 Å². The monoisotopic (exact) mass is 177 g/mol. The maximum absolute atomic E-state index is 8.17. The van der Waals surface area contributed by atoms with Gasteiger partial charge in [-0.25, -0.2) is 0 Å². The number of hydrogen-bond acceptors (Lipinski definition) is 3. The van der Waals surface area contributed by atoms with Gasteiger partial charge in [0.25, 0.3) is 0 Å². The normalized spacial score (nSPS) is 9.15. The summed E-state index contributed by atoms with van der Waals surface area (Å²) in [6.45, 7) is 1.05. The molecular weight excluding hydrogens is 166 g/mol. The average molecular weight is 177 g/mol. The van der Waals surface area contributed by atoms with Gasteiger partial charge in [-0.3, -0.25) is 0 Å². The van der Waals surface area contributed by atoms with E-state index in [-0.39, 0.29) is 6.61 Å².